The fourth-order valence-electron chi connectivity index (χ4n) is 1.10. The Labute approximate surface area is 106 Å². The minimum absolute atomic E-state index is 0.257. The Kier molecular flexibility index (Phi) is 3.80. The number of thioether (sulfide) groups is 1. The van der Waals surface area contributed by atoms with Crippen LogP contribution >= 0.6 is 23.1 Å². The summed E-state index contributed by atoms with van der Waals surface area (Å²) in [6.45, 7) is 1.75. The molecule has 0 bridgehead atoms. The maximum absolute atomic E-state index is 10.8. The molecule has 2 heterocycles. The fourth-order valence-corrected chi connectivity index (χ4v) is 2.42. The average Bonchev–Trinajstić information content (AvgIpc) is 2.95. The first-order chi connectivity index (χ1) is 8.16. The van der Waals surface area contributed by atoms with Crippen molar-refractivity contribution in [3.8, 4) is 10.7 Å². The molecule has 1 atom stereocenters. The molecule has 2 aromatic heterocycles. The van der Waals surface area contributed by atoms with Crippen LogP contribution in [0.3, 0.4) is 0 Å². The summed E-state index contributed by atoms with van der Waals surface area (Å²) in [4.78, 5) is 16.1. The summed E-state index contributed by atoms with van der Waals surface area (Å²) in [6.07, 6.45) is 0. The van der Waals surface area contributed by atoms with E-state index in [0.717, 1.165) is 4.88 Å². The van der Waals surface area contributed by atoms with Gasteiger partial charge >= 0.3 is 0 Å². The van der Waals surface area contributed by atoms with Crippen LogP contribution in [0.1, 0.15) is 12.8 Å². The molecule has 2 rings (SSSR count). The summed E-state index contributed by atoms with van der Waals surface area (Å²) in [5, 5.41) is 5.57. The van der Waals surface area contributed by atoms with Gasteiger partial charge in [0.2, 0.25) is 17.6 Å². The van der Waals surface area contributed by atoms with Crippen LogP contribution in [0.5, 0.6) is 0 Å². The van der Waals surface area contributed by atoms with Crippen LogP contribution in [-0.2, 0) is 10.5 Å². The smallest absolute Gasteiger partial charge is 0.237 e. The number of carbonyl (C=O) groups is 1. The van der Waals surface area contributed by atoms with Crippen molar-refractivity contribution in [1.29, 1.82) is 0 Å². The van der Waals surface area contributed by atoms with Gasteiger partial charge in [0.25, 0.3) is 0 Å². The van der Waals surface area contributed by atoms with Crippen LogP contribution in [0, 0.1) is 0 Å². The summed E-state index contributed by atoms with van der Waals surface area (Å²) >= 11 is 2.93. The minimum Gasteiger partial charge on any atom is -0.369 e. The lowest BCUT2D eigenvalue weighted by Gasteiger charge is -2.02. The molecule has 5 nitrogen and oxygen atoms in total. The molecule has 0 aliphatic heterocycles. The van der Waals surface area contributed by atoms with Gasteiger partial charge in [0.15, 0.2) is 0 Å². The number of rotatable bonds is 5. The van der Waals surface area contributed by atoms with Crippen molar-refractivity contribution in [2.24, 2.45) is 5.73 Å². The van der Waals surface area contributed by atoms with E-state index in [4.69, 9.17) is 10.3 Å². The predicted molar refractivity (Wildman–Crippen MR) is 67.6 cm³/mol. The van der Waals surface area contributed by atoms with E-state index in [0.29, 0.717) is 17.5 Å². The van der Waals surface area contributed by atoms with E-state index in [1.165, 1.54) is 11.8 Å². The number of primary amides is 1. The Hall–Kier alpha value is -1.34. The summed E-state index contributed by atoms with van der Waals surface area (Å²) < 4.78 is 5.09. The zero-order chi connectivity index (χ0) is 12.3. The van der Waals surface area contributed by atoms with Gasteiger partial charge in [-0.3, -0.25) is 4.79 Å². The van der Waals surface area contributed by atoms with E-state index < -0.39 is 0 Å². The highest BCUT2D eigenvalue weighted by atomic mass is 32.2. The zero-order valence-electron chi connectivity index (χ0n) is 9.12. The molecule has 0 aliphatic rings. The topological polar surface area (TPSA) is 82.0 Å². The SMILES string of the molecule is CC(SCc1nc(-c2cccs2)no1)C(N)=O. The molecule has 1 unspecified atom stereocenters. The van der Waals surface area contributed by atoms with E-state index in [1.54, 1.807) is 18.3 Å². The molecular weight excluding hydrogens is 258 g/mol. The maximum atomic E-state index is 10.8. The second kappa shape index (κ2) is 5.33. The lowest BCUT2D eigenvalue weighted by Crippen LogP contribution is -2.22. The van der Waals surface area contributed by atoms with Gasteiger partial charge in [-0.05, 0) is 18.4 Å². The van der Waals surface area contributed by atoms with E-state index in [2.05, 4.69) is 10.1 Å². The highest BCUT2D eigenvalue weighted by Gasteiger charge is 2.13. The monoisotopic (exact) mass is 269 g/mol. The van der Waals surface area contributed by atoms with Gasteiger partial charge in [0.05, 0.1) is 15.9 Å². The standard InChI is InChI=1S/C10H11N3O2S2/c1-6(9(11)14)17-5-8-12-10(13-15-8)7-3-2-4-16-7/h2-4,6H,5H2,1H3,(H2,11,14). The normalized spacial score (nSPS) is 12.5. The quantitative estimate of drug-likeness (QED) is 0.896. The first kappa shape index (κ1) is 12.1. The van der Waals surface area contributed by atoms with Crippen molar-refractivity contribution in [3.05, 3.63) is 23.4 Å². The summed E-state index contributed by atoms with van der Waals surface area (Å²) in [6, 6.07) is 3.86. The Morgan fingerprint density at radius 1 is 1.71 bits per heavy atom. The van der Waals surface area contributed by atoms with Crippen LogP contribution in [0.4, 0.5) is 0 Å². The van der Waals surface area contributed by atoms with E-state index >= 15 is 0 Å². The van der Waals surface area contributed by atoms with Gasteiger partial charge in [0.1, 0.15) is 0 Å². The Morgan fingerprint density at radius 2 is 2.53 bits per heavy atom. The number of hydrogen-bond donors (Lipinski definition) is 1. The van der Waals surface area contributed by atoms with Crippen molar-refractivity contribution >= 4 is 29.0 Å². The molecule has 7 heteroatoms. The van der Waals surface area contributed by atoms with Gasteiger partial charge < -0.3 is 10.3 Å². The van der Waals surface area contributed by atoms with Crippen molar-refractivity contribution in [2.75, 3.05) is 0 Å². The summed E-state index contributed by atoms with van der Waals surface area (Å²) in [5.74, 6) is 1.24. The van der Waals surface area contributed by atoms with E-state index in [9.17, 15) is 4.79 Å². The lowest BCUT2D eigenvalue weighted by atomic mass is 10.4. The van der Waals surface area contributed by atoms with Crippen molar-refractivity contribution in [3.63, 3.8) is 0 Å². The van der Waals surface area contributed by atoms with Crippen LogP contribution in [0.2, 0.25) is 0 Å². The first-order valence-electron chi connectivity index (χ1n) is 4.94. The molecule has 0 radical (unpaired) electrons. The highest BCUT2D eigenvalue weighted by molar-refractivity contribution is 7.99. The third-order valence-corrected chi connectivity index (χ3v) is 4.08. The molecule has 0 fully saturated rings. The molecule has 17 heavy (non-hydrogen) atoms. The molecule has 90 valence electrons. The second-order valence-electron chi connectivity index (χ2n) is 3.34. The van der Waals surface area contributed by atoms with Gasteiger partial charge in [-0.2, -0.15) is 4.98 Å². The number of thiophene rings is 1. The largest absolute Gasteiger partial charge is 0.369 e. The van der Waals surface area contributed by atoms with Gasteiger partial charge in [0, 0.05) is 0 Å². The average molecular weight is 269 g/mol. The number of nitrogens with zero attached hydrogens (tertiary/aromatic N) is 2. The molecule has 0 aromatic carbocycles. The van der Waals surface area contributed by atoms with Gasteiger partial charge in [-0.1, -0.05) is 11.2 Å². The minimum atomic E-state index is -0.340. The third kappa shape index (κ3) is 3.07. The molecule has 0 spiro atoms. The summed E-state index contributed by atoms with van der Waals surface area (Å²) in [7, 11) is 0. The van der Waals surface area contributed by atoms with Crippen molar-refractivity contribution in [1.82, 2.24) is 10.1 Å². The Bertz CT molecular complexity index is 495. The Balaban J connectivity index is 1.97. The second-order valence-corrected chi connectivity index (χ2v) is 5.62. The molecule has 0 saturated heterocycles. The van der Waals surface area contributed by atoms with Crippen LogP contribution in [-0.4, -0.2) is 21.3 Å². The lowest BCUT2D eigenvalue weighted by molar-refractivity contribution is -0.117. The van der Waals surface area contributed by atoms with Crippen LogP contribution < -0.4 is 5.73 Å². The molecular formula is C10H11N3O2S2. The number of hydrogen-bond acceptors (Lipinski definition) is 6. The van der Waals surface area contributed by atoms with E-state index in [-0.39, 0.29) is 11.2 Å². The fraction of sp³-hybridized carbons (Fsp3) is 0.300. The van der Waals surface area contributed by atoms with Gasteiger partial charge in [-0.25, -0.2) is 0 Å². The predicted octanol–water partition coefficient (Wildman–Crippen LogP) is 1.91. The van der Waals surface area contributed by atoms with Crippen molar-refractivity contribution < 1.29 is 9.32 Å². The number of carbonyl (C=O) groups excluding carboxylic acids is 1. The Morgan fingerprint density at radius 3 is 3.18 bits per heavy atom. The highest BCUT2D eigenvalue weighted by Crippen LogP contribution is 2.23. The van der Waals surface area contributed by atoms with E-state index in [1.807, 2.05) is 17.5 Å². The van der Waals surface area contributed by atoms with Crippen LogP contribution in [0.25, 0.3) is 10.7 Å². The molecule has 1 amide bonds. The summed E-state index contributed by atoms with van der Waals surface area (Å²) in [5.41, 5.74) is 5.16. The molecule has 2 N–H and O–H groups in total. The van der Waals surface area contributed by atoms with Crippen molar-refractivity contribution in [2.45, 2.75) is 17.9 Å². The number of aromatic nitrogens is 2. The third-order valence-electron chi connectivity index (χ3n) is 2.07. The molecule has 2 aromatic rings. The van der Waals surface area contributed by atoms with Gasteiger partial charge in [-0.15, -0.1) is 23.1 Å². The number of nitrogens with two attached hydrogens (primary N) is 1. The molecule has 0 aliphatic carbocycles. The first-order valence-corrected chi connectivity index (χ1v) is 6.87. The molecule has 0 saturated carbocycles. The van der Waals surface area contributed by atoms with Crippen LogP contribution in [0.15, 0.2) is 22.0 Å². The number of amides is 1. The zero-order valence-corrected chi connectivity index (χ0v) is 10.8. The maximum Gasteiger partial charge on any atom is 0.237 e.